The number of nitrogens with zero attached hydrogens (tertiary/aromatic N) is 1. The van der Waals surface area contributed by atoms with Crippen LogP contribution >= 0.6 is 0 Å². The third-order valence-corrected chi connectivity index (χ3v) is 1.18. The van der Waals surface area contributed by atoms with Crippen molar-refractivity contribution in [3.63, 3.8) is 0 Å². The van der Waals surface area contributed by atoms with Crippen molar-refractivity contribution in [2.45, 2.75) is 0 Å². The standard InChI is InChI=1S/C6H9N3O2/c1-7-4-3-11-6(9-4)5(10)8-2/h3,7H,1-2H3,(H,8,10). The molecule has 0 aliphatic rings. The van der Waals surface area contributed by atoms with Crippen LogP contribution in [0.3, 0.4) is 0 Å². The summed E-state index contributed by atoms with van der Waals surface area (Å²) in [7, 11) is 3.22. The van der Waals surface area contributed by atoms with Crippen molar-refractivity contribution < 1.29 is 9.21 Å². The maximum Gasteiger partial charge on any atom is 0.306 e. The highest BCUT2D eigenvalue weighted by molar-refractivity contribution is 5.89. The van der Waals surface area contributed by atoms with Crippen LogP contribution in [0.5, 0.6) is 0 Å². The first kappa shape index (κ1) is 7.59. The number of amides is 1. The molecule has 0 bridgehead atoms. The van der Waals surface area contributed by atoms with Gasteiger partial charge in [-0.3, -0.25) is 4.79 Å². The van der Waals surface area contributed by atoms with E-state index in [1.54, 1.807) is 7.05 Å². The number of aromatic nitrogens is 1. The Hall–Kier alpha value is -1.52. The summed E-state index contributed by atoms with van der Waals surface area (Å²) in [5.41, 5.74) is 0. The molecule has 5 nitrogen and oxygen atoms in total. The SMILES string of the molecule is CNC(=O)c1nc(NC)co1. The largest absolute Gasteiger partial charge is 0.439 e. The van der Waals surface area contributed by atoms with Crippen LogP contribution in [0.2, 0.25) is 0 Å². The summed E-state index contributed by atoms with van der Waals surface area (Å²) in [6.07, 6.45) is 1.38. The molecule has 60 valence electrons. The van der Waals surface area contributed by atoms with Crippen molar-refractivity contribution >= 4 is 11.7 Å². The van der Waals surface area contributed by atoms with Crippen LogP contribution in [-0.2, 0) is 0 Å². The van der Waals surface area contributed by atoms with Gasteiger partial charge in [0.05, 0.1) is 0 Å². The van der Waals surface area contributed by atoms with E-state index in [1.165, 1.54) is 13.3 Å². The zero-order valence-corrected chi connectivity index (χ0v) is 6.34. The molecular formula is C6H9N3O2. The summed E-state index contributed by atoms with van der Waals surface area (Å²) < 4.78 is 4.82. The van der Waals surface area contributed by atoms with Gasteiger partial charge in [-0.15, -0.1) is 0 Å². The van der Waals surface area contributed by atoms with Gasteiger partial charge in [-0.25, -0.2) is 0 Å². The molecule has 1 aromatic rings. The molecule has 1 rings (SSSR count). The number of rotatable bonds is 2. The number of hydrogen-bond acceptors (Lipinski definition) is 4. The molecule has 0 atom stereocenters. The molecule has 0 spiro atoms. The second-order valence-electron chi connectivity index (χ2n) is 1.87. The Morgan fingerprint density at radius 1 is 1.64 bits per heavy atom. The quantitative estimate of drug-likeness (QED) is 0.634. The van der Waals surface area contributed by atoms with E-state index in [1.807, 2.05) is 0 Å². The van der Waals surface area contributed by atoms with Gasteiger partial charge >= 0.3 is 5.91 Å². The van der Waals surface area contributed by atoms with Gasteiger partial charge < -0.3 is 15.1 Å². The average molecular weight is 155 g/mol. The summed E-state index contributed by atoms with van der Waals surface area (Å²) in [6, 6.07) is 0. The zero-order valence-electron chi connectivity index (χ0n) is 6.34. The Bertz CT molecular complexity index is 256. The van der Waals surface area contributed by atoms with E-state index in [0.29, 0.717) is 5.82 Å². The highest BCUT2D eigenvalue weighted by Crippen LogP contribution is 2.05. The third kappa shape index (κ3) is 1.49. The number of hydrogen-bond donors (Lipinski definition) is 2. The molecule has 0 unspecified atom stereocenters. The van der Waals surface area contributed by atoms with Crippen molar-refractivity contribution in [1.82, 2.24) is 10.3 Å². The molecule has 1 heterocycles. The lowest BCUT2D eigenvalue weighted by atomic mass is 10.6. The Morgan fingerprint density at radius 3 is 2.82 bits per heavy atom. The fourth-order valence-electron chi connectivity index (χ4n) is 0.600. The van der Waals surface area contributed by atoms with Gasteiger partial charge in [0.15, 0.2) is 5.82 Å². The van der Waals surface area contributed by atoms with E-state index in [4.69, 9.17) is 4.42 Å². The third-order valence-electron chi connectivity index (χ3n) is 1.18. The Labute approximate surface area is 63.8 Å². The molecule has 5 heteroatoms. The molecule has 2 N–H and O–H groups in total. The lowest BCUT2D eigenvalue weighted by Crippen LogP contribution is -2.18. The summed E-state index contributed by atoms with van der Waals surface area (Å²) in [5.74, 6) is 0.284. The fourth-order valence-corrected chi connectivity index (χ4v) is 0.600. The topological polar surface area (TPSA) is 67.2 Å². The van der Waals surface area contributed by atoms with Gasteiger partial charge in [0.25, 0.3) is 5.89 Å². The predicted octanol–water partition coefficient (Wildman–Crippen LogP) is 0.0759. The fraction of sp³-hybridized carbons (Fsp3) is 0.333. The van der Waals surface area contributed by atoms with Crippen molar-refractivity contribution in [1.29, 1.82) is 0 Å². The van der Waals surface area contributed by atoms with Gasteiger partial charge in [0.2, 0.25) is 0 Å². The minimum absolute atomic E-state index is 0.0665. The number of carbonyl (C=O) groups excluding carboxylic acids is 1. The first-order valence-electron chi connectivity index (χ1n) is 3.13. The van der Waals surface area contributed by atoms with Gasteiger partial charge in [-0.05, 0) is 0 Å². The number of anilines is 1. The molecule has 1 amide bonds. The number of nitrogens with one attached hydrogen (secondary N) is 2. The van der Waals surface area contributed by atoms with Crippen molar-refractivity contribution in [3.05, 3.63) is 12.2 Å². The van der Waals surface area contributed by atoms with Crippen LogP contribution in [0.25, 0.3) is 0 Å². The molecule has 0 radical (unpaired) electrons. The summed E-state index contributed by atoms with van der Waals surface area (Å²) in [4.78, 5) is 14.7. The lowest BCUT2D eigenvalue weighted by molar-refractivity contribution is 0.0929. The van der Waals surface area contributed by atoms with Crippen LogP contribution in [0.1, 0.15) is 10.7 Å². The van der Waals surface area contributed by atoms with Crippen molar-refractivity contribution in [2.75, 3.05) is 19.4 Å². The van der Waals surface area contributed by atoms with E-state index >= 15 is 0 Å². The minimum atomic E-state index is -0.327. The number of oxazole rings is 1. The van der Waals surface area contributed by atoms with E-state index in [9.17, 15) is 4.79 Å². The van der Waals surface area contributed by atoms with Crippen molar-refractivity contribution in [2.24, 2.45) is 0 Å². The first-order chi connectivity index (χ1) is 5.27. The normalized spacial score (nSPS) is 9.27. The smallest absolute Gasteiger partial charge is 0.306 e. The van der Waals surface area contributed by atoms with Crippen LogP contribution in [0.4, 0.5) is 5.82 Å². The van der Waals surface area contributed by atoms with Crippen LogP contribution in [-0.4, -0.2) is 25.0 Å². The Balaban J connectivity index is 2.80. The zero-order chi connectivity index (χ0) is 8.27. The molecule has 0 saturated carbocycles. The Morgan fingerprint density at radius 2 is 2.36 bits per heavy atom. The van der Waals surface area contributed by atoms with Gasteiger partial charge in [0.1, 0.15) is 6.26 Å². The van der Waals surface area contributed by atoms with Crippen LogP contribution in [0.15, 0.2) is 10.7 Å². The minimum Gasteiger partial charge on any atom is -0.439 e. The lowest BCUT2D eigenvalue weighted by Gasteiger charge is -1.89. The van der Waals surface area contributed by atoms with Gasteiger partial charge in [-0.2, -0.15) is 4.98 Å². The monoisotopic (exact) mass is 155 g/mol. The molecule has 1 aromatic heterocycles. The molecule has 11 heavy (non-hydrogen) atoms. The van der Waals surface area contributed by atoms with E-state index < -0.39 is 0 Å². The Kier molecular flexibility index (Phi) is 2.10. The molecule has 0 saturated heterocycles. The highest BCUT2D eigenvalue weighted by Gasteiger charge is 2.09. The molecule has 0 fully saturated rings. The molecule has 0 aromatic carbocycles. The number of carbonyl (C=O) groups is 1. The average Bonchev–Trinajstić information content (AvgIpc) is 2.50. The van der Waals surface area contributed by atoms with E-state index in [-0.39, 0.29) is 11.8 Å². The maximum absolute atomic E-state index is 10.8. The van der Waals surface area contributed by atoms with Crippen molar-refractivity contribution in [3.8, 4) is 0 Å². The summed E-state index contributed by atoms with van der Waals surface area (Å²) in [6.45, 7) is 0. The van der Waals surface area contributed by atoms with Crippen LogP contribution in [0, 0.1) is 0 Å². The molecular weight excluding hydrogens is 146 g/mol. The molecule has 0 aliphatic carbocycles. The summed E-state index contributed by atoms with van der Waals surface area (Å²) >= 11 is 0. The highest BCUT2D eigenvalue weighted by atomic mass is 16.4. The first-order valence-corrected chi connectivity index (χ1v) is 3.13. The van der Waals surface area contributed by atoms with Crippen LogP contribution < -0.4 is 10.6 Å². The van der Waals surface area contributed by atoms with E-state index in [2.05, 4.69) is 15.6 Å². The van der Waals surface area contributed by atoms with Gasteiger partial charge in [0, 0.05) is 14.1 Å². The predicted molar refractivity (Wildman–Crippen MR) is 39.4 cm³/mol. The van der Waals surface area contributed by atoms with Gasteiger partial charge in [-0.1, -0.05) is 0 Å². The molecule has 0 aliphatic heterocycles. The maximum atomic E-state index is 10.8. The second-order valence-corrected chi connectivity index (χ2v) is 1.87. The summed E-state index contributed by atoms with van der Waals surface area (Å²) in [5, 5.41) is 5.14. The van der Waals surface area contributed by atoms with E-state index in [0.717, 1.165) is 0 Å². The second kappa shape index (κ2) is 3.05.